The number of benzene rings is 3. The molecule has 0 aliphatic rings. The number of nitrogens with one attached hydrogen (secondary N) is 2. The number of anilines is 1. The highest BCUT2D eigenvalue weighted by Crippen LogP contribution is 2.30. The fourth-order valence-corrected chi connectivity index (χ4v) is 8.13. The number of para-hydroxylation sites is 1. The number of aliphatic hydroxyl groups excluding tert-OH is 1. The number of aromatic nitrogens is 2. The number of nitrogens with zero attached hydrogens (tertiary/aromatic N) is 3. The molecule has 5 aromatic rings. The van der Waals surface area contributed by atoms with E-state index in [0.717, 1.165) is 28.0 Å². The summed E-state index contributed by atoms with van der Waals surface area (Å²) in [6, 6.07) is 23.9. The molecule has 0 unspecified atom stereocenters. The summed E-state index contributed by atoms with van der Waals surface area (Å²) in [5.41, 5.74) is 3.42. The zero-order chi connectivity index (χ0) is 35.8. The first-order valence-electron chi connectivity index (χ1n) is 16.2. The Morgan fingerprint density at radius 2 is 1.66 bits per heavy atom. The van der Waals surface area contributed by atoms with E-state index in [1.807, 2.05) is 76.2 Å². The van der Waals surface area contributed by atoms with E-state index in [1.165, 1.54) is 22.6 Å². The molecule has 2 atom stereocenters. The van der Waals surface area contributed by atoms with E-state index in [2.05, 4.69) is 20.6 Å². The van der Waals surface area contributed by atoms with Crippen molar-refractivity contribution in [2.24, 2.45) is 5.92 Å². The van der Waals surface area contributed by atoms with Crippen molar-refractivity contribution in [2.45, 2.75) is 51.2 Å². The molecule has 13 heteroatoms. The van der Waals surface area contributed by atoms with E-state index >= 15 is 0 Å². The zero-order valence-corrected chi connectivity index (χ0v) is 30.0. The van der Waals surface area contributed by atoms with Gasteiger partial charge in [0.05, 0.1) is 27.3 Å². The van der Waals surface area contributed by atoms with Crippen LogP contribution in [0.2, 0.25) is 0 Å². The average molecular weight is 716 g/mol. The number of ether oxygens (including phenoxy) is 1. The fraction of sp³-hybridized carbons (Fsp3) is 0.297. The number of aryl methyl sites for hydroxylation is 2. The molecule has 11 nitrogen and oxygen atoms in total. The summed E-state index contributed by atoms with van der Waals surface area (Å²) in [6.07, 6.45) is 0.532. The lowest BCUT2D eigenvalue weighted by Gasteiger charge is -2.30. The van der Waals surface area contributed by atoms with Crippen molar-refractivity contribution in [1.29, 1.82) is 0 Å². The third kappa shape index (κ3) is 9.30. The van der Waals surface area contributed by atoms with Crippen LogP contribution < -0.4 is 15.4 Å². The van der Waals surface area contributed by atoms with Gasteiger partial charge >= 0.3 is 0 Å². The molecule has 2 aromatic heterocycles. The van der Waals surface area contributed by atoms with Gasteiger partial charge in [-0.05, 0) is 73.2 Å². The second-order valence-corrected chi connectivity index (χ2v) is 15.4. The molecule has 50 heavy (non-hydrogen) atoms. The molecule has 3 aromatic carbocycles. The highest BCUT2D eigenvalue weighted by Gasteiger charge is 2.32. The summed E-state index contributed by atoms with van der Waals surface area (Å²) < 4.78 is 36.0. The molecule has 0 radical (unpaired) electrons. The van der Waals surface area contributed by atoms with Crippen LogP contribution in [0, 0.1) is 19.8 Å². The average Bonchev–Trinajstić information content (AvgIpc) is 3.49. The van der Waals surface area contributed by atoms with Crippen LogP contribution in [0.25, 0.3) is 10.2 Å². The van der Waals surface area contributed by atoms with Crippen LogP contribution in [0.1, 0.15) is 41.0 Å². The Kier molecular flexibility index (Phi) is 12.0. The largest absolute Gasteiger partial charge is 0.483 e. The Balaban J connectivity index is 1.35. The van der Waals surface area contributed by atoms with Gasteiger partial charge in [0, 0.05) is 19.3 Å². The van der Waals surface area contributed by atoms with Gasteiger partial charge in [0.25, 0.3) is 11.8 Å². The second-order valence-electron chi connectivity index (χ2n) is 12.5. The van der Waals surface area contributed by atoms with Crippen molar-refractivity contribution >= 4 is 48.5 Å². The van der Waals surface area contributed by atoms with Gasteiger partial charge in [-0.25, -0.2) is 13.4 Å². The van der Waals surface area contributed by atoms with E-state index in [4.69, 9.17) is 4.74 Å². The Labute approximate surface area is 296 Å². The third-order valence-corrected chi connectivity index (χ3v) is 10.7. The Bertz CT molecular complexity index is 2020. The maximum absolute atomic E-state index is 14.2. The van der Waals surface area contributed by atoms with Crippen LogP contribution in [-0.2, 0) is 21.2 Å². The quantitative estimate of drug-likeness (QED) is 0.131. The van der Waals surface area contributed by atoms with Crippen LogP contribution in [-0.4, -0.2) is 71.5 Å². The van der Waals surface area contributed by atoms with Gasteiger partial charge in [-0.15, -0.1) is 0 Å². The number of hydrogen-bond donors (Lipinski definition) is 3. The van der Waals surface area contributed by atoms with Gasteiger partial charge in [-0.3, -0.25) is 19.9 Å². The van der Waals surface area contributed by atoms with Crippen LogP contribution in [0.15, 0.2) is 96.0 Å². The maximum atomic E-state index is 14.2. The number of rotatable bonds is 15. The summed E-state index contributed by atoms with van der Waals surface area (Å²) in [5.74, 6) is -0.306. The number of carbonyl (C=O) groups excluding carboxylic acids is 2. The first-order valence-corrected chi connectivity index (χ1v) is 18.5. The number of carbonyl (C=O) groups is 2. The van der Waals surface area contributed by atoms with Gasteiger partial charge in [0.2, 0.25) is 10.0 Å². The Morgan fingerprint density at radius 1 is 0.940 bits per heavy atom. The molecular weight excluding hydrogens is 675 g/mol. The number of fused-ring (bicyclic) bond motifs is 1. The molecular formula is C37H41N5O6S2. The normalized spacial score (nSPS) is 12.9. The van der Waals surface area contributed by atoms with E-state index in [-0.39, 0.29) is 42.6 Å². The minimum atomic E-state index is -4.11. The summed E-state index contributed by atoms with van der Waals surface area (Å²) in [6.45, 7) is 7.20. The number of amides is 2. The minimum absolute atomic E-state index is 0.0229. The SMILES string of the molecule is Cc1cccc(C)c1OCC(=O)N[C@@H](Cc1ccccc1)[C@H](O)CN(CC(C)C)S(=O)(=O)c1ccc2nc(NC(=O)c3ccccn3)sc2c1. The fourth-order valence-electron chi connectivity index (χ4n) is 5.50. The van der Waals surface area contributed by atoms with E-state index < -0.39 is 34.0 Å². The van der Waals surface area contributed by atoms with Crippen molar-refractivity contribution < 1.29 is 27.9 Å². The molecule has 2 heterocycles. The van der Waals surface area contributed by atoms with Gasteiger partial charge in [0.1, 0.15) is 11.4 Å². The smallest absolute Gasteiger partial charge is 0.276 e. The van der Waals surface area contributed by atoms with Gasteiger partial charge in [0.15, 0.2) is 11.7 Å². The molecule has 262 valence electrons. The van der Waals surface area contributed by atoms with E-state index in [9.17, 15) is 23.1 Å². The van der Waals surface area contributed by atoms with Crippen molar-refractivity contribution in [3.63, 3.8) is 0 Å². The van der Waals surface area contributed by atoms with Crippen LogP contribution in [0.4, 0.5) is 5.13 Å². The zero-order valence-electron chi connectivity index (χ0n) is 28.4. The maximum Gasteiger partial charge on any atom is 0.276 e. The van der Waals surface area contributed by atoms with Gasteiger partial charge in [-0.1, -0.05) is 79.8 Å². The summed E-state index contributed by atoms with van der Waals surface area (Å²) in [4.78, 5) is 34.3. The van der Waals surface area contributed by atoms with E-state index in [1.54, 1.807) is 24.3 Å². The lowest BCUT2D eigenvalue weighted by molar-refractivity contribution is -0.124. The lowest BCUT2D eigenvalue weighted by Crippen LogP contribution is -2.52. The van der Waals surface area contributed by atoms with Crippen LogP contribution >= 0.6 is 11.3 Å². The summed E-state index contributed by atoms with van der Waals surface area (Å²) in [7, 11) is -4.11. The van der Waals surface area contributed by atoms with Crippen LogP contribution in [0.5, 0.6) is 5.75 Å². The molecule has 5 rings (SSSR count). The summed E-state index contributed by atoms with van der Waals surface area (Å²) in [5, 5.41) is 17.6. The Morgan fingerprint density at radius 3 is 2.34 bits per heavy atom. The van der Waals surface area contributed by atoms with Crippen molar-refractivity contribution in [3.05, 3.63) is 114 Å². The number of hydrogen-bond acceptors (Lipinski definition) is 9. The molecule has 0 spiro atoms. The number of pyridine rings is 1. The van der Waals surface area contributed by atoms with E-state index in [0.29, 0.717) is 21.1 Å². The number of sulfonamides is 1. The standard InChI is InChI=1S/C37H41N5O6S2/c1-24(2)21-42(50(46,47)28-16-17-29-33(20-28)49-37(40-29)41-36(45)30-15-8-9-18-38-30)22-32(43)31(19-27-13-6-5-7-14-27)39-34(44)23-48-35-25(3)11-10-12-26(35)4/h5-18,20,24,31-32,43H,19,21-23H2,1-4H3,(H,39,44)(H,40,41,45)/t31-,32+/m0/s1. The molecule has 0 aliphatic carbocycles. The number of aliphatic hydroxyl groups is 1. The Hall–Kier alpha value is -4.69. The van der Waals surface area contributed by atoms with Gasteiger partial charge < -0.3 is 15.2 Å². The van der Waals surface area contributed by atoms with Crippen molar-refractivity contribution in [1.82, 2.24) is 19.6 Å². The third-order valence-electron chi connectivity index (χ3n) is 7.94. The highest BCUT2D eigenvalue weighted by molar-refractivity contribution is 7.89. The predicted molar refractivity (Wildman–Crippen MR) is 195 cm³/mol. The van der Waals surface area contributed by atoms with Crippen LogP contribution in [0.3, 0.4) is 0 Å². The van der Waals surface area contributed by atoms with Gasteiger partial charge in [-0.2, -0.15) is 4.31 Å². The molecule has 3 N–H and O–H groups in total. The minimum Gasteiger partial charge on any atom is -0.483 e. The monoisotopic (exact) mass is 715 g/mol. The molecule has 0 saturated heterocycles. The molecule has 0 aliphatic heterocycles. The highest BCUT2D eigenvalue weighted by atomic mass is 32.2. The first-order chi connectivity index (χ1) is 23.9. The molecule has 0 saturated carbocycles. The second kappa shape index (κ2) is 16.3. The topological polar surface area (TPSA) is 151 Å². The van der Waals surface area contributed by atoms with Crippen molar-refractivity contribution in [2.75, 3.05) is 25.0 Å². The van der Waals surface area contributed by atoms with Crippen molar-refractivity contribution in [3.8, 4) is 5.75 Å². The first kappa shape index (κ1) is 36.6. The lowest BCUT2D eigenvalue weighted by atomic mass is 10.0. The summed E-state index contributed by atoms with van der Waals surface area (Å²) >= 11 is 1.15. The predicted octanol–water partition coefficient (Wildman–Crippen LogP) is 5.37. The molecule has 2 amide bonds. The number of thiazole rings is 1. The molecule has 0 fully saturated rings. The molecule has 0 bridgehead atoms.